The van der Waals surface area contributed by atoms with Crippen LogP contribution in [0, 0.1) is 5.41 Å². The summed E-state index contributed by atoms with van der Waals surface area (Å²) in [4.78, 5) is 16.6. The Bertz CT molecular complexity index is 724. The first kappa shape index (κ1) is 21.3. The molecule has 7 nitrogen and oxygen atoms in total. The summed E-state index contributed by atoms with van der Waals surface area (Å²) >= 11 is 0. The summed E-state index contributed by atoms with van der Waals surface area (Å²) in [7, 11) is 0. The summed E-state index contributed by atoms with van der Waals surface area (Å²) in [5.74, 6) is -0.247. The van der Waals surface area contributed by atoms with Crippen LogP contribution in [0.3, 0.4) is 0 Å². The predicted octanol–water partition coefficient (Wildman–Crippen LogP) is 3.28. The number of carbonyl (C=O) groups excluding carboxylic acids is 1. The van der Waals surface area contributed by atoms with Crippen LogP contribution < -0.4 is 5.32 Å². The maximum atomic E-state index is 12.0. The maximum absolute atomic E-state index is 12.0. The molecule has 0 aliphatic rings. The van der Waals surface area contributed by atoms with Crippen LogP contribution in [-0.4, -0.2) is 33.9 Å². The maximum Gasteiger partial charge on any atom is 0.335 e. The summed E-state index contributed by atoms with van der Waals surface area (Å²) < 4.78 is 6.90. The lowest BCUT2D eigenvalue weighted by molar-refractivity contribution is -0.138. The highest BCUT2D eigenvalue weighted by molar-refractivity contribution is 5.88. The molecule has 2 aromatic heterocycles. The van der Waals surface area contributed by atoms with Crippen molar-refractivity contribution in [3.05, 3.63) is 41.5 Å². The average Bonchev–Trinajstić information content (AvgIpc) is 3.09. The highest BCUT2D eigenvalue weighted by Crippen LogP contribution is 2.11. The van der Waals surface area contributed by atoms with Crippen LogP contribution in [-0.2, 0) is 22.5 Å². The van der Waals surface area contributed by atoms with Gasteiger partial charge in [0.2, 0.25) is 0 Å². The van der Waals surface area contributed by atoms with Gasteiger partial charge in [-0.3, -0.25) is 0 Å². The van der Waals surface area contributed by atoms with Gasteiger partial charge in [0.25, 0.3) is 0 Å². The minimum Gasteiger partial charge on any atom is -0.463 e. The molecule has 0 saturated heterocycles. The number of hydrogen-bond acceptors (Lipinski definition) is 6. The van der Waals surface area contributed by atoms with Crippen molar-refractivity contribution in [1.29, 1.82) is 5.41 Å². The number of imidazole rings is 1. The SMILES string of the molecule is C=N.CCCC/C(=C\NCc1cn2nccc(CC)c2n1)C(=O)OCC. The molecule has 0 radical (unpaired) electrons. The lowest BCUT2D eigenvalue weighted by Gasteiger charge is -2.07. The normalized spacial score (nSPS) is 11.0. The molecule has 0 aliphatic heterocycles. The lowest BCUT2D eigenvalue weighted by atomic mass is 10.1. The van der Waals surface area contributed by atoms with Gasteiger partial charge < -0.3 is 15.5 Å². The lowest BCUT2D eigenvalue weighted by Crippen LogP contribution is -2.13. The van der Waals surface area contributed by atoms with Crippen molar-refractivity contribution < 1.29 is 9.53 Å². The summed E-state index contributed by atoms with van der Waals surface area (Å²) in [6, 6.07) is 1.99. The van der Waals surface area contributed by atoms with Crippen LogP contribution in [0.15, 0.2) is 30.2 Å². The zero-order valence-electron chi connectivity index (χ0n) is 15.9. The zero-order valence-corrected chi connectivity index (χ0v) is 15.9. The largest absolute Gasteiger partial charge is 0.463 e. The number of ether oxygens (including phenoxy) is 1. The van der Waals surface area contributed by atoms with Crippen molar-refractivity contribution in [1.82, 2.24) is 19.9 Å². The molecule has 2 aromatic rings. The standard InChI is InChI=1S/C18H26N4O2.CH3N/c1-4-7-8-15(18(23)24-6-3)11-19-12-16-13-22-17(21-16)14(5-2)9-10-20-22;1-2/h9-11,13,19H,4-8,12H2,1-3H3;2H,1H2/b15-11+;. The Morgan fingerprint density at radius 3 is 2.81 bits per heavy atom. The fraction of sp³-hybridized carbons (Fsp3) is 0.474. The van der Waals surface area contributed by atoms with E-state index in [1.54, 1.807) is 16.9 Å². The van der Waals surface area contributed by atoms with E-state index in [4.69, 9.17) is 10.1 Å². The number of fused-ring (bicyclic) bond motifs is 1. The summed E-state index contributed by atoms with van der Waals surface area (Å²) in [6.45, 7) is 9.45. The van der Waals surface area contributed by atoms with Gasteiger partial charge in [-0.2, -0.15) is 5.10 Å². The molecule has 26 heavy (non-hydrogen) atoms. The van der Waals surface area contributed by atoms with E-state index in [0.717, 1.165) is 37.0 Å². The van der Waals surface area contributed by atoms with E-state index >= 15 is 0 Å². The Morgan fingerprint density at radius 2 is 2.15 bits per heavy atom. The minimum absolute atomic E-state index is 0.247. The van der Waals surface area contributed by atoms with E-state index < -0.39 is 0 Å². The zero-order chi connectivity index (χ0) is 19.4. The van der Waals surface area contributed by atoms with Gasteiger partial charge >= 0.3 is 5.97 Å². The van der Waals surface area contributed by atoms with E-state index in [1.165, 1.54) is 5.56 Å². The molecule has 0 spiro atoms. The smallest absolute Gasteiger partial charge is 0.335 e. The molecule has 0 atom stereocenters. The highest BCUT2D eigenvalue weighted by atomic mass is 16.5. The predicted molar refractivity (Wildman–Crippen MR) is 103 cm³/mol. The van der Waals surface area contributed by atoms with Gasteiger partial charge in [-0.15, -0.1) is 0 Å². The minimum atomic E-state index is -0.247. The Hall–Kier alpha value is -2.70. The quantitative estimate of drug-likeness (QED) is 0.407. The molecular weight excluding hydrogens is 330 g/mol. The molecule has 2 N–H and O–H groups in total. The number of carbonyl (C=O) groups is 1. The molecule has 0 bridgehead atoms. The molecule has 0 saturated carbocycles. The number of hydrogen-bond donors (Lipinski definition) is 2. The number of rotatable bonds is 9. The second-order valence-corrected chi connectivity index (χ2v) is 5.58. The Kier molecular flexibility index (Phi) is 9.67. The van der Waals surface area contributed by atoms with Gasteiger partial charge in [-0.1, -0.05) is 20.3 Å². The van der Waals surface area contributed by atoms with Gasteiger partial charge in [-0.05, 0) is 44.5 Å². The van der Waals surface area contributed by atoms with Gasteiger partial charge in [-0.25, -0.2) is 14.3 Å². The van der Waals surface area contributed by atoms with E-state index in [0.29, 0.717) is 18.7 Å². The molecule has 0 unspecified atom stereocenters. The number of unbranched alkanes of at least 4 members (excludes halogenated alkanes) is 1. The van der Waals surface area contributed by atoms with Crippen molar-refractivity contribution >= 4 is 18.3 Å². The van der Waals surface area contributed by atoms with E-state index in [2.05, 4.69) is 36.0 Å². The second-order valence-electron chi connectivity index (χ2n) is 5.58. The molecule has 142 valence electrons. The van der Waals surface area contributed by atoms with Crippen molar-refractivity contribution in [2.75, 3.05) is 6.61 Å². The molecule has 0 amide bonds. The third-order valence-electron chi connectivity index (χ3n) is 3.77. The van der Waals surface area contributed by atoms with Crippen LogP contribution in [0.2, 0.25) is 0 Å². The fourth-order valence-corrected chi connectivity index (χ4v) is 2.46. The molecule has 2 rings (SSSR count). The summed E-state index contributed by atoms with van der Waals surface area (Å²) in [6.07, 6.45) is 9.08. The molecule has 2 heterocycles. The summed E-state index contributed by atoms with van der Waals surface area (Å²) in [5.41, 5.74) is 3.62. The first-order valence-electron chi connectivity index (χ1n) is 8.96. The molecule has 7 heteroatoms. The van der Waals surface area contributed by atoms with Crippen molar-refractivity contribution in [3.63, 3.8) is 0 Å². The fourth-order valence-electron chi connectivity index (χ4n) is 2.46. The second kappa shape index (κ2) is 11.8. The Morgan fingerprint density at radius 1 is 1.38 bits per heavy atom. The van der Waals surface area contributed by atoms with Crippen molar-refractivity contribution in [3.8, 4) is 0 Å². The monoisotopic (exact) mass is 359 g/mol. The van der Waals surface area contributed by atoms with Gasteiger partial charge in [0.05, 0.1) is 30.6 Å². The van der Waals surface area contributed by atoms with Crippen LogP contribution in [0.25, 0.3) is 5.65 Å². The number of nitrogens with one attached hydrogen (secondary N) is 2. The van der Waals surface area contributed by atoms with Crippen molar-refractivity contribution in [2.45, 2.75) is 53.0 Å². The number of nitrogens with zero attached hydrogens (tertiary/aromatic N) is 3. The van der Waals surface area contributed by atoms with Crippen molar-refractivity contribution in [2.24, 2.45) is 0 Å². The van der Waals surface area contributed by atoms with Crippen LogP contribution in [0.1, 0.15) is 51.3 Å². The molecule has 0 aromatic carbocycles. The highest BCUT2D eigenvalue weighted by Gasteiger charge is 2.10. The van der Waals surface area contributed by atoms with Crippen LogP contribution in [0.4, 0.5) is 0 Å². The van der Waals surface area contributed by atoms with E-state index in [-0.39, 0.29) is 5.97 Å². The Balaban J connectivity index is 0.00000163. The third-order valence-corrected chi connectivity index (χ3v) is 3.77. The van der Waals surface area contributed by atoms with Gasteiger partial charge in [0.15, 0.2) is 5.65 Å². The number of esters is 1. The van der Waals surface area contributed by atoms with Crippen LogP contribution in [0.5, 0.6) is 0 Å². The third kappa shape index (κ3) is 5.98. The first-order chi connectivity index (χ1) is 12.7. The topological polar surface area (TPSA) is 92.4 Å². The van der Waals surface area contributed by atoms with E-state index in [9.17, 15) is 4.79 Å². The number of aromatic nitrogens is 3. The summed E-state index contributed by atoms with van der Waals surface area (Å²) in [5, 5.41) is 13.0. The Labute approximate surface area is 155 Å². The van der Waals surface area contributed by atoms with E-state index in [1.807, 2.05) is 19.2 Å². The molecule has 0 aliphatic carbocycles. The molecule has 0 fully saturated rings. The number of aryl methyl sites for hydroxylation is 1. The van der Waals surface area contributed by atoms with Gasteiger partial charge in [0.1, 0.15) is 0 Å². The molecular formula is C19H29N5O2. The average molecular weight is 359 g/mol. The van der Waals surface area contributed by atoms with Crippen LogP contribution >= 0.6 is 0 Å². The first-order valence-corrected chi connectivity index (χ1v) is 8.96. The van der Waals surface area contributed by atoms with Gasteiger partial charge in [0, 0.05) is 12.4 Å².